The average molecular weight is 395 g/mol. The van der Waals surface area contributed by atoms with Gasteiger partial charge in [-0.3, -0.25) is 9.88 Å². The number of nitrogens with one attached hydrogen (secondary N) is 2. The van der Waals surface area contributed by atoms with Crippen molar-refractivity contribution in [3.63, 3.8) is 0 Å². The Bertz CT molecular complexity index is 1160. The molecule has 0 saturated carbocycles. The average Bonchev–Trinajstić information content (AvgIpc) is 3.41. The first-order valence-corrected chi connectivity index (χ1v) is 10.0. The summed E-state index contributed by atoms with van der Waals surface area (Å²) in [5, 5.41) is 13.3. The van der Waals surface area contributed by atoms with E-state index >= 15 is 0 Å². The SMILES string of the molecule is N#Cc1ccc(Nc2cnc([C@@H]3CCCN3Cc3cc4ccccc4[nH]3)cn2)cn1. The lowest BCUT2D eigenvalue weighted by Gasteiger charge is -2.23. The van der Waals surface area contributed by atoms with Crippen LogP contribution < -0.4 is 5.32 Å². The maximum Gasteiger partial charge on any atom is 0.148 e. The second kappa shape index (κ2) is 7.93. The van der Waals surface area contributed by atoms with E-state index in [9.17, 15) is 0 Å². The summed E-state index contributed by atoms with van der Waals surface area (Å²) < 4.78 is 0. The molecule has 0 radical (unpaired) electrons. The number of anilines is 2. The molecule has 0 unspecified atom stereocenters. The van der Waals surface area contributed by atoms with Crippen molar-refractivity contribution in [3.05, 3.63) is 78.1 Å². The zero-order valence-corrected chi connectivity index (χ0v) is 16.4. The molecule has 0 bridgehead atoms. The van der Waals surface area contributed by atoms with E-state index in [1.54, 1.807) is 24.5 Å². The molecule has 4 aromatic rings. The molecule has 1 fully saturated rings. The smallest absolute Gasteiger partial charge is 0.148 e. The quantitative estimate of drug-likeness (QED) is 0.523. The number of hydrogen-bond acceptors (Lipinski definition) is 6. The van der Waals surface area contributed by atoms with Crippen LogP contribution in [0.5, 0.6) is 0 Å². The maximum atomic E-state index is 8.84. The first kappa shape index (κ1) is 18.3. The molecular weight excluding hydrogens is 374 g/mol. The second-order valence-corrected chi connectivity index (χ2v) is 7.51. The van der Waals surface area contributed by atoms with Crippen molar-refractivity contribution in [3.8, 4) is 6.07 Å². The first-order valence-electron chi connectivity index (χ1n) is 10.0. The molecule has 5 rings (SSSR count). The van der Waals surface area contributed by atoms with Gasteiger partial charge in [-0.1, -0.05) is 18.2 Å². The Morgan fingerprint density at radius 3 is 2.80 bits per heavy atom. The van der Waals surface area contributed by atoms with Gasteiger partial charge in [0.25, 0.3) is 0 Å². The van der Waals surface area contributed by atoms with E-state index in [4.69, 9.17) is 5.26 Å². The monoisotopic (exact) mass is 395 g/mol. The van der Waals surface area contributed by atoms with Crippen molar-refractivity contribution in [2.45, 2.75) is 25.4 Å². The van der Waals surface area contributed by atoms with Crippen molar-refractivity contribution >= 4 is 22.4 Å². The third-order valence-electron chi connectivity index (χ3n) is 5.49. The van der Waals surface area contributed by atoms with Gasteiger partial charge in [-0.2, -0.15) is 5.26 Å². The van der Waals surface area contributed by atoms with Gasteiger partial charge in [0.05, 0.1) is 36.0 Å². The van der Waals surface area contributed by atoms with Crippen LogP contribution in [-0.4, -0.2) is 31.4 Å². The molecular formula is C23H21N7. The van der Waals surface area contributed by atoms with Gasteiger partial charge in [-0.05, 0) is 49.0 Å². The highest BCUT2D eigenvalue weighted by molar-refractivity contribution is 5.80. The Hall–Kier alpha value is -3.76. The Morgan fingerprint density at radius 2 is 2.03 bits per heavy atom. The standard InChI is InChI=1S/C23H21N7/c24-11-17-7-8-18(12-25-17)29-23-14-26-21(13-27-23)22-6-3-9-30(22)15-19-10-16-4-1-2-5-20(16)28-19/h1-2,4-5,7-8,10,12-14,22,28H,3,6,9,15H2,(H,27,29)/t22-/m0/s1. The topological polar surface area (TPSA) is 93.5 Å². The summed E-state index contributed by atoms with van der Waals surface area (Å²) >= 11 is 0. The molecule has 30 heavy (non-hydrogen) atoms. The number of fused-ring (bicyclic) bond motifs is 1. The number of likely N-dealkylation sites (tertiary alicyclic amines) is 1. The molecule has 2 N–H and O–H groups in total. The molecule has 4 heterocycles. The van der Waals surface area contributed by atoms with E-state index < -0.39 is 0 Å². The fraction of sp³-hybridized carbons (Fsp3) is 0.217. The summed E-state index contributed by atoms with van der Waals surface area (Å²) in [7, 11) is 0. The summed E-state index contributed by atoms with van der Waals surface area (Å²) in [4.78, 5) is 19.3. The molecule has 0 aliphatic carbocycles. The molecule has 3 aromatic heterocycles. The lowest BCUT2D eigenvalue weighted by Crippen LogP contribution is -2.23. The van der Waals surface area contributed by atoms with Crippen LogP contribution in [0.25, 0.3) is 10.9 Å². The third kappa shape index (κ3) is 3.73. The molecule has 148 valence electrons. The molecule has 0 spiro atoms. The largest absolute Gasteiger partial charge is 0.357 e. The zero-order valence-electron chi connectivity index (χ0n) is 16.4. The van der Waals surface area contributed by atoms with Crippen LogP contribution in [0.1, 0.15) is 36.0 Å². The highest BCUT2D eigenvalue weighted by Crippen LogP contribution is 2.32. The normalized spacial score (nSPS) is 16.6. The summed E-state index contributed by atoms with van der Waals surface area (Å²) in [6.07, 6.45) is 7.47. The number of nitriles is 1. The summed E-state index contributed by atoms with van der Waals surface area (Å²) in [6, 6.07) is 16.4. The van der Waals surface area contributed by atoms with Gasteiger partial charge in [0.2, 0.25) is 0 Å². The van der Waals surface area contributed by atoms with Gasteiger partial charge in [-0.15, -0.1) is 0 Å². The van der Waals surface area contributed by atoms with Gasteiger partial charge >= 0.3 is 0 Å². The maximum absolute atomic E-state index is 8.84. The predicted octanol–water partition coefficient (Wildman–Crippen LogP) is 4.31. The molecule has 7 nitrogen and oxygen atoms in total. The van der Waals surface area contributed by atoms with Gasteiger partial charge in [0.15, 0.2) is 0 Å². The van der Waals surface area contributed by atoms with Crippen molar-refractivity contribution in [1.29, 1.82) is 5.26 Å². The van der Waals surface area contributed by atoms with Crippen molar-refractivity contribution < 1.29 is 0 Å². The lowest BCUT2D eigenvalue weighted by molar-refractivity contribution is 0.241. The third-order valence-corrected chi connectivity index (χ3v) is 5.49. The number of hydrogen-bond donors (Lipinski definition) is 2. The molecule has 0 amide bonds. The Balaban J connectivity index is 1.28. The van der Waals surface area contributed by atoms with E-state index in [0.717, 1.165) is 37.3 Å². The van der Waals surface area contributed by atoms with Gasteiger partial charge in [-0.25, -0.2) is 9.97 Å². The van der Waals surface area contributed by atoms with Crippen LogP contribution >= 0.6 is 0 Å². The summed E-state index contributed by atoms with van der Waals surface area (Å²) in [6.45, 7) is 1.93. The highest BCUT2D eigenvalue weighted by atomic mass is 15.2. The first-order chi connectivity index (χ1) is 14.8. The minimum Gasteiger partial charge on any atom is -0.357 e. The van der Waals surface area contributed by atoms with Gasteiger partial charge < -0.3 is 10.3 Å². The molecule has 1 saturated heterocycles. The second-order valence-electron chi connectivity index (χ2n) is 7.51. The number of H-pyrrole nitrogens is 1. The summed E-state index contributed by atoms with van der Waals surface area (Å²) in [5.74, 6) is 0.658. The molecule has 7 heteroatoms. The van der Waals surface area contributed by atoms with Crippen LogP contribution in [0.15, 0.2) is 61.1 Å². The Morgan fingerprint density at radius 1 is 1.10 bits per heavy atom. The molecule has 1 atom stereocenters. The molecule has 1 aromatic carbocycles. The molecule has 1 aliphatic heterocycles. The van der Waals surface area contributed by atoms with Crippen LogP contribution in [0, 0.1) is 11.3 Å². The number of nitrogens with zero attached hydrogens (tertiary/aromatic N) is 5. The van der Waals surface area contributed by atoms with Crippen molar-refractivity contribution in [2.24, 2.45) is 0 Å². The number of rotatable bonds is 5. The van der Waals surface area contributed by atoms with Crippen molar-refractivity contribution in [2.75, 3.05) is 11.9 Å². The fourth-order valence-corrected chi connectivity index (χ4v) is 4.04. The van der Waals surface area contributed by atoms with E-state index in [1.807, 2.05) is 12.3 Å². The van der Waals surface area contributed by atoms with E-state index in [1.165, 1.54) is 16.6 Å². The van der Waals surface area contributed by atoms with E-state index in [0.29, 0.717) is 11.5 Å². The van der Waals surface area contributed by atoms with Crippen LogP contribution in [0.3, 0.4) is 0 Å². The number of benzene rings is 1. The van der Waals surface area contributed by atoms with Crippen LogP contribution in [0.4, 0.5) is 11.5 Å². The Kier molecular flexibility index (Phi) is 4.83. The number of pyridine rings is 1. The number of aromatic amines is 1. The van der Waals surface area contributed by atoms with E-state index in [-0.39, 0.29) is 6.04 Å². The fourth-order valence-electron chi connectivity index (χ4n) is 4.04. The predicted molar refractivity (Wildman–Crippen MR) is 115 cm³/mol. The number of para-hydroxylation sites is 1. The Labute approximate surface area is 174 Å². The lowest BCUT2D eigenvalue weighted by atomic mass is 10.1. The molecule has 1 aliphatic rings. The van der Waals surface area contributed by atoms with Crippen LogP contribution in [-0.2, 0) is 6.54 Å². The minimum absolute atomic E-state index is 0.273. The van der Waals surface area contributed by atoms with Gasteiger partial charge in [0.1, 0.15) is 17.6 Å². The van der Waals surface area contributed by atoms with Crippen LogP contribution in [0.2, 0.25) is 0 Å². The number of aromatic nitrogens is 4. The van der Waals surface area contributed by atoms with E-state index in [2.05, 4.69) is 60.5 Å². The minimum atomic E-state index is 0.273. The summed E-state index contributed by atoms with van der Waals surface area (Å²) in [5.41, 5.74) is 4.56. The van der Waals surface area contributed by atoms with Crippen molar-refractivity contribution in [1.82, 2.24) is 24.8 Å². The van der Waals surface area contributed by atoms with Gasteiger partial charge in [0, 0.05) is 17.8 Å². The highest BCUT2D eigenvalue weighted by Gasteiger charge is 2.27. The zero-order chi connectivity index (χ0) is 20.3.